The van der Waals surface area contributed by atoms with Crippen LogP contribution in [0.25, 0.3) is 0 Å². The van der Waals surface area contributed by atoms with E-state index in [0.717, 1.165) is 12.2 Å². The Hall–Kier alpha value is -1.06. The number of rotatable bonds is 8. The number of para-hydroxylation sites is 1. The minimum atomic E-state index is -0.424. The first kappa shape index (κ1) is 16.0. The molecule has 19 heavy (non-hydrogen) atoms. The van der Waals surface area contributed by atoms with Crippen LogP contribution in [-0.2, 0) is 0 Å². The molecule has 0 saturated carbocycles. The first-order valence-corrected chi connectivity index (χ1v) is 7.27. The second kappa shape index (κ2) is 8.18. The fourth-order valence-corrected chi connectivity index (χ4v) is 1.92. The minimum absolute atomic E-state index is 0.358. The third-order valence-electron chi connectivity index (χ3n) is 3.37. The van der Waals surface area contributed by atoms with Gasteiger partial charge >= 0.3 is 0 Å². The molecule has 3 nitrogen and oxygen atoms in total. The van der Waals surface area contributed by atoms with Crippen molar-refractivity contribution < 1.29 is 15.2 Å². The smallest absolute Gasteiger partial charge is 0.137 e. The zero-order chi connectivity index (χ0) is 14.3. The van der Waals surface area contributed by atoms with E-state index in [-0.39, 0.29) is 0 Å². The van der Waals surface area contributed by atoms with Crippen molar-refractivity contribution in [2.24, 2.45) is 0 Å². The first-order chi connectivity index (χ1) is 9.04. The van der Waals surface area contributed by atoms with E-state index in [0.29, 0.717) is 25.1 Å². The minimum Gasteiger partial charge on any atom is -0.490 e. The Morgan fingerprint density at radius 3 is 2.53 bits per heavy atom. The van der Waals surface area contributed by atoms with Crippen molar-refractivity contribution in [2.45, 2.75) is 52.2 Å². The Bertz CT molecular complexity index is 366. The van der Waals surface area contributed by atoms with Gasteiger partial charge in [0.05, 0.1) is 6.04 Å². The standard InChI is InChI=1S/C16H27NO2/c1-5-13(4)15-8-6-7-9-16(15)19-11-14(18)10-17-12(2)3/h6-9,12-14,17-18H,5,10-11H2,1-4H3/p+1/t13-,14+/m1/s1. The SMILES string of the molecule is CC[C@@H](C)c1ccccc1OC[C@@H](O)C[NH2+]C(C)C. The molecule has 3 N–H and O–H groups in total. The molecule has 108 valence electrons. The third-order valence-corrected chi connectivity index (χ3v) is 3.37. The molecule has 0 fully saturated rings. The maximum atomic E-state index is 9.89. The highest BCUT2D eigenvalue weighted by Gasteiger charge is 2.12. The molecule has 0 heterocycles. The monoisotopic (exact) mass is 266 g/mol. The summed E-state index contributed by atoms with van der Waals surface area (Å²) in [6.45, 7) is 9.65. The van der Waals surface area contributed by atoms with E-state index in [4.69, 9.17) is 4.74 Å². The highest BCUT2D eigenvalue weighted by atomic mass is 16.5. The van der Waals surface area contributed by atoms with E-state index in [1.54, 1.807) is 0 Å². The summed E-state index contributed by atoms with van der Waals surface area (Å²) in [7, 11) is 0. The van der Waals surface area contributed by atoms with Gasteiger partial charge in [0.15, 0.2) is 0 Å². The Kier molecular flexibility index (Phi) is 6.89. The summed E-state index contributed by atoms with van der Waals surface area (Å²) < 4.78 is 5.78. The van der Waals surface area contributed by atoms with E-state index in [2.05, 4.69) is 39.1 Å². The van der Waals surface area contributed by atoms with E-state index < -0.39 is 6.10 Å². The number of hydrogen-bond donors (Lipinski definition) is 2. The van der Waals surface area contributed by atoms with Gasteiger partial charge in [-0.1, -0.05) is 32.0 Å². The van der Waals surface area contributed by atoms with Crippen LogP contribution in [0.4, 0.5) is 0 Å². The van der Waals surface area contributed by atoms with Gasteiger partial charge in [0.25, 0.3) is 0 Å². The van der Waals surface area contributed by atoms with Gasteiger partial charge in [0, 0.05) is 0 Å². The number of quaternary nitrogens is 1. The Balaban J connectivity index is 2.53. The van der Waals surface area contributed by atoms with Crippen molar-refractivity contribution in [3.8, 4) is 5.75 Å². The molecule has 1 aromatic rings. The summed E-state index contributed by atoms with van der Waals surface area (Å²) in [5, 5.41) is 12.0. The molecule has 0 amide bonds. The quantitative estimate of drug-likeness (QED) is 0.755. The molecule has 0 radical (unpaired) electrons. The predicted octanol–water partition coefficient (Wildman–Crippen LogP) is 1.91. The lowest BCUT2D eigenvalue weighted by atomic mass is 9.98. The van der Waals surface area contributed by atoms with Gasteiger partial charge in [-0.15, -0.1) is 0 Å². The van der Waals surface area contributed by atoms with Crippen LogP contribution < -0.4 is 10.1 Å². The molecule has 0 bridgehead atoms. The number of hydrogen-bond acceptors (Lipinski definition) is 2. The van der Waals surface area contributed by atoms with Crippen LogP contribution in [0.1, 0.15) is 45.6 Å². The van der Waals surface area contributed by atoms with Crippen molar-refractivity contribution in [3.05, 3.63) is 29.8 Å². The maximum Gasteiger partial charge on any atom is 0.137 e. The van der Waals surface area contributed by atoms with E-state index >= 15 is 0 Å². The number of benzene rings is 1. The van der Waals surface area contributed by atoms with E-state index in [1.165, 1.54) is 5.56 Å². The Morgan fingerprint density at radius 1 is 1.21 bits per heavy atom. The predicted molar refractivity (Wildman–Crippen MR) is 78.6 cm³/mol. The van der Waals surface area contributed by atoms with Crippen molar-refractivity contribution in [1.29, 1.82) is 0 Å². The normalized spacial score (nSPS) is 14.4. The summed E-state index contributed by atoms with van der Waals surface area (Å²) >= 11 is 0. The van der Waals surface area contributed by atoms with Crippen LogP contribution in [-0.4, -0.2) is 30.4 Å². The maximum absolute atomic E-state index is 9.89. The van der Waals surface area contributed by atoms with Gasteiger partial charge in [-0.3, -0.25) is 0 Å². The van der Waals surface area contributed by atoms with Crippen LogP contribution >= 0.6 is 0 Å². The fourth-order valence-electron chi connectivity index (χ4n) is 1.92. The van der Waals surface area contributed by atoms with Gasteiger partial charge < -0.3 is 15.2 Å². The van der Waals surface area contributed by atoms with Crippen molar-refractivity contribution in [1.82, 2.24) is 0 Å². The van der Waals surface area contributed by atoms with Gasteiger partial charge in [-0.25, -0.2) is 0 Å². The second-order valence-corrected chi connectivity index (χ2v) is 5.53. The highest BCUT2D eigenvalue weighted by molar-refractivity contribution is 5.35. The largest absolute Gasteiger partial charge is 0.490 e. The second-order valence-electron chi connectivity index (χ2n) is 5.53. The van der Waals surface area contributed by atoms with Crippen LogP contribution in [0.15, 0.2) is 24.3 Å². The Labute approximate surface area is 117 Å². The zero-order valence-corrected chi connectivity index (χ0v) is 12.6. The average molecular weight is 266 g/mol. The highest BCUT2D eigenvalue weighted by Crippen LogP contribution is 2.28. The summed E-state index contributed by atoms with van der Waals surface area (Å²) in [6, 6.07) is 8.61. The molecule has 1 aromatic carbocycles. The molecule has 0 unspecified atom stereocenters. The molecular formula is C16H28NO2+. The summed E-state index contributed by atoms with van der Waals surface area (Å²) in [5.74, 6) is 1.39. The average Bonchev–Trinajstić information content (AvgIpc) is 2.42. The molecule has 0 aromatic heterocycles. The molecule has 0 aliphatic rings. The van der Waals surface area contributed by atoms with Crippen LogP contribution in [0, 0.1) is 0 Å². The van der Waals surface area contributed by atoms with Crippen LogP contribution in [0.5, 0.6) is 5.75 Å². The number of nitrogens with two attached hydrogens (primary N) is 1. The van der Waals surface area contributed by atoms with E-state index in [1.807, 2.05) is 18.2 Å². The summed E-state index contributed by atoms with van der Waals surface area (Å²) in [6.07, 6.45) is 0.664. The lowest BCUT2D eigenvalue weighted by Crippen LogP contribution is -2.90. The number of aliphatic hydroxyl groups is 1. The lowest BCUT2D eigenvalue weighted by Gasteiger charge is -2.17. The van der Waals surface area contributed by atoms with Crippen LogP contribution in [0.3, 0.4) is 0 Å². The number of ether oxygens (including phenoxy) is 1. The zero-order valence-electron chi connectivity index (χ0n) is 12.6. The van der Waals surface area contributed by atoms with Crippen molar-refractivity contribution >= 4 is 0 Å². The Morgan fingerprint density at radius 2 is 1.89 bits per heavy atom. The first-order valence-electron chi connectivity index (χ1n) is 7.27. The molecule has 0 saturated heterocycles. The molecule has 2 atom stereocenters. The molecule has 0 spiro atoms. The van der Waals surface area contributed by atoms with Crippen molar-refractivity contribution in [2.75, 3.05) is 13.2 Å². The van der Waals surface area contributed by atoms with E-state index in [9.17, 15) is 5.11 Å². The molecule has 0 aliphatic heterocycles. The summed E-state index contributed by atoms with van der Waals surface area (Å²) in [5.41, 5.74) is 1.23. The molecule has 3 heteroatoms. The molecular weight excluding hydrogens is 238 g/mol. The lowest BCUT2D eigenvalue weighted by molar-refractivity contribution is -0.688. The fraction of sp³-hybridized carbons (Fsp3) is 0.625. The summed E-state index contributed by atoms with van der Waals surface area (Å²) in [4.78, 5) is 0. The van der Waals surface area contributed by atoms with Gasteiger partial charge in [-0.05, 0) is 37.8 Å². The molecule has 0 aliphatic carbocycles. The van der Waals surface area contributed by atoms with Gasteiger partial charge in [-0.2, -0.15) is 0 Å². The topological polar surface area (TPSA) is 46.1 Å². The van der Waals surface area contributed by atoms with Crippen molar-refractivity contribution in [3.63, 3.8) is 0 Å². The van der Waals surface area contributed by atoms with Crippen LogP contribution in [0.2, 0.25) is 0 Å². The molecule has 1 rings (SSSR count). The van der Waals surface area contributed by atoms with Gasteiger partial charge in [0.2, 0.25) is 0 Å². The number of aliphatic hydroxyl groups excluding tert-OH is 1. The third kappa shape index (κ3) is 5.62. The van der Waals surface area contributed by atoms with Gasteiger partial charge in [0.1, 0.15) is 25.0 Å².